The molecule has 1 aromatic heterocycles. The lowest BCUT2D eigenvalue weighted by molar-refractivity contribution is 0.0844. The van der Waals surface area contributed by atoms with Gasteiger partial charge >= 0.3 is 0 Å². The monoisotopic (exact) mass is 322 g/mol. The van der Waals surface area contributed by atoms with Gasteiger partial charge in [0.05, 0.1) is 5.39 Å². The van der Waals surface area contributed by atoms with Gasteiger partial charge in [0, 0.05) is 10.9 Å². The van der Waals surface area contributed by atoms with Gasteiger partial charge in [-0.25, -0.2) is 5.10 Å². The fourth-order valence-electron chi connectivity index (χ4n) is 2.36. The molecule has 120 valence electrons. The van der Waals surface area contributed by atoms with E-state index in [1.54, 1.807) is 49.4 Å². The van der Waals surface area contributed by atoms with Gasteiger partial charge in [0.15, 0.2) is 5.69 Å². The van der Waals surface area contributed by atoms with Crippen LogP contribution in [-0.4, -0.2) is 22.0 Å². The Morgan fingerprint density at radius 1 is 0.917 bits per heavy atom. The van der Waals surface area contributed by atoms with Crippen LogP contribution < -0.4 is 16.4 Å². The molecule has 0 saturated carbocycles. The van der Waals surface area contributed by atoms with Gasteiger partial charge in [0.2, 0.25) is 0 Å². The third-order valence-corrected chi connectivity index (χ3v) is 3.59. The van der Waals surface area contributed by atoms with Gasteiger partial charge in [0.25, 0.3) is 17.4 Å². The summed E-state index contributed by atoms with van der Waals surface area (Å²) in [6.45, 7) is 1.80. The number of benzene rings is 2. The molecule has 7 nitrogen and oxygen atoms in total. The minimum atomic E-state index is -0.621. The van der Waals surface area contributed by atoms with Crippen molar-refractivity contribution in [3.63, 3.8) is 0 Å². The van der Waals surface area contributed by atoms with Gasteiger partial charge in [-0.1, -0.05) is 36.4 Å². The lowest BCUT2D eigenvalue weighted by Crippen LogP contribution is -2.42. The van der Waals surface area contributed by atoms with Crippen molar-refractivity contribution in [2.45, 2.75) is 6.92 Å². The lowest BCUT2D eigenvalue weighted by Gasteiger charge is -2.09. The standard InChI is InChI=1S/C17H14N4O3/c1-10-6-2-3-7-11(10)15(22)20-21-17(24)14-12-8-4-5-9-13(12)16(23)19-18-14/h2-9H,1H3,(H,19,23)(H,20,22)(H,21,24). The maximum absolute atomic E-state index is 12.3. The Morgan fingerprint density at radius 3 is 2.29 bits per heavy atom. The second-order valence-electron chi connectivity index (χ2n) is 5.17. The quantitative estimate of drug-likeness (QED) is 0.619. The van der Waals surface area contributed by atoms with Gasteiger partial charge in [0.1, 0.15) is 0 Å². The lowest BCUT2D eigenvalue weighted by atomic mass is 10.1. The average Bonchev–Trinajstić information content (AvgIpc) is 2.60. The van der Waals surface area contributed by atoms with Crippen LogP contribution in [0.5, 0.6) is 0 Å². The van der Waals surface area contributed by atoms with Gasteiger partial charge in [-0.2, -0.15) is 5.10 Å². The van der Waals surface area contributed by atoms with Gasteiger partial charge in [-0.15, -0.1) is 0 Å². The normalized spacial score (nSPS) is 10.4. The number of carbonyl (C=O) groups excluding carboxylic acids is 2. The Morgan fingerprint density at radius 2 is 1.54 bits per heavy atom. The minimum Gasteiger partial charge on any atom is -0.267 e. The molecule has 0 saturated heterocycles. The molecule has 0 aliphatic heterocycles. The molecule has 0 atom stereocenters. The maximum Gasteiger partial charge on any atom is 0.290 e. The molecule has 3 rings (SSSR count). The largest absolute Gasteiger partial charge is 0.290 e. The van der Waals surface area contributed by atoms with E-state index in [0.29, 0.717) is 16.3 Å². The number of hydrazine groups is 1. The summed E-state index contributed by atoms with van der Waals surface area (Å²) in [7, 11) is 0. The van der Waals surface area contributed by atoms with Gasteiger partial charge in [-0.3, -0.25) is 25.2 Å². The van der Waals surface area contributed by atoms with Crippen LogP contribution >= 0.6 is 0 Å². The molecular formula is C17H14N4O3. The maximum atomic E-state index is 12.3. The first-order chi connectivity index (χ1) is 11.6. The molecule has 2 aromatic carbocycles. The smallest absolute Gasteiger partial charge is 0.267 e. The molecule has 2 amide bonds. The molecule has 7 heteroatoms. The van der Waals surface area contributed by atoms with E-state index in [9.17, 15) is 14.4 Å². The highest BCUT2D eigenvalue weighted by Gasteiger charge is 2.15. The van der Waals surface area contributed by atoms with E-state index in [2.05, 4.69) is 21.0 Å². The van der Waals surface area contributed by atoms with E-state index in [-0.39, 0.29) is 11.3 Å². The Labute approximate surface area is 136 Å². The highest BCUT2D eigenvalue weighted by atomic mass is 16.2. The first kappa shape index (κ1) is 15.4. The van der Waals surface area contributed by atoms with E-state index >= 15 is 0 Å². The fourth-order valence-corrected chi connectivity index (χ4v) is 2.36. The Kier molecular flexibility index (Phi) is 4.07. The molecular weight excluding hydrogens is 308 g/mol. The molecule has 1 heterocycles. The SMILES string of the molecule is Cc1ccccc1C(=O)NNC(=O)c1n[nH]c(=O)c2ccccc12. The van der Waals surface area contributed by atoms with Crippen LogP contribution in [0.3, 0.4) is 0 Å². The predicted octanol–water partition coefficient (Wildman–Crippen LogP) is 1.31. The first-order valence-electron chi connectivity index (χ1n) is 7.21. The van der Waals surface area contributed by atoms with Crippen molar-refractivity contribution >= 4 is 22.6 Å². The Hall–Kier alpha value is -3.48. The molecule has 3 N–H and O–H groups in total. The van der Waals surface area contributed by atoms with Crippen LogP contribution in [0.4, 0.5) is 0 Å². The third-order valence-electron chi connectivity index (χ3n) is 3.59. The summed E-state index contributed by atoms with van der Waals surface area (Å²) >= 11 is 0. The summed E-state index contributed by atoms with van der Waals surface area (Å²) in [5, 5.41) is 6.80. The van der Waals surface area contributed by atoms with Crippen molar-refractivity contribution < 1.29 is 9.59 Å². The van der Waals surface area contributed by atoms with Gasteiger partial charge in [-0.05, 0) is 24.6 Å². The molecule has 3 aromatic rings. The highest BCUT2D eigenvalue weighted by Crippen LogP contribution is 2.12. The van der Waals surface area contributed by atoms with Crippen molar-refractivity contribution in [1.29, 1.82) is 0 Å². The van der Waals surface area contributed by atoms with Gasteiger partial charge < -0.3 is 0 Å². The highest BCUT2D eigenvalue weighted by molar-refractivity contribution is 6.06. The Bertz CT molecular complexity index is 994. The molecule has 24 heavy (non-hydrogen) atoms. The topological polar surface area (TPSA) is 104 Å². The average molecular weight is 322 g/mol. The number of aromatic amines is 1. The van der Waals surface area contributed by atoms with Crippen LogP contribution in [0.25, 0.3) is 10.8 Å². The summed E-state index contributed by atoms with van der Waals surface area (Å²) < 4.78 is 0. The zero-order chi connectivity index (χ0) is 17.1. The predicted molar refractivity (Wildman–Crippen MR) is 88.5 cm³/mol. The summed E-state index contributed by atoms with van der Waals surface area (Å²) in [6, 6.07) is 13.6. The number of carbonyl (C=O) groups is 2. The molecule has 0 radical (unpaired) electrons. The molecule has 0 bridgehead atoms. The van der Waals surface area contributed by atoms with Crippen LogP contribution in [0.15, 0.2) is 53.3 Å². The van der Waals surface area contributed by atoms with E-state index in [1.165, 1.54) is 0 Å². The number of hydrogen-bond acceptors (Lipinski definition) is 4. The zero-order valence-electron chi connectivity index (χ0n) is 12.8. The van der Waals surface area contributed by atoms with E-state index in [1.807, 2.05) is 6.07 Å². The summed E-state index contributed by atoms with van der Waals surface area (Å²) in [5.41, 5.74) is 5.54. The Balaban J connectivity index is 1.82. The van der Waals surface area contributed by atoms with Crippen LogP contribution in [-0.2, 0) is 0 Å². The van der Waals surface area contributed by atoms with E-state index < -0.39 is 11.8 Å². The molecule has 0 aliphatic carbocycles. The first-order valence-corrected chi connectivity index (χ1v) is 7.21. The van der Waals surface area contributed by atoms with Crippen molar-refractivity contribution in [2.24, 2.45) is 0 Å². The second-order valence-corrected chi connectivity index (χ2v) is 5.17. The molecule has 0 fully saturated rings. The summed E-state index contributed by atoms with van der Waals surface area (Å²) in [6.07, 6.45) is 0. The zero-order valence-corrected chi connectivity index (χ0v) is 12.8. The number of nitrogens with zero attached hydrogens (tertiary/aromatic N) is 1. The van der Waals surface area contributed by atoms with Crippen molar-refractivity contribution in [3.05, 3.63) is 75.7 Å². The number of aryl methyl sites for hydroxylation is 1. The van der Waals surface area contributed by atoms with Crippen molar-refractivity contribution in [1.82, 2.24) is 21.0 Å². The van der Waals surface area contributed by atoms with Crippen LogP contribution in [0.1, 0.15) is 26.4 Å². The second kappa shape index (κ2) is 6.33. The van der Waals surface area contributed by atoms with E-state index in [0.717, 1.165) is 5.56 Å². The van der Waals surface area contributed by atoms with Crippen molar-refractivity contribution in [3.8, 4) is 0 Å². The summed E-state index contributed by atoms with van der Waals surface area (Å²) in [4.78, 5) is 36.1. The number of aromatic nitrogens is 2. The number of hydrogen-bond donors (Lipinski definition) is 3. The van der Waals surface area contributed by atoms with Crippen molar-refractivity contribution in [2.75, 3.05) is 0 Å². The number of nitrogens with one attached hydrogen (secondary N) is 3. The molecule has 0 unspecified atom stereocenters. The minimum absolute atomic E-state index is 0.0234. The number of rotatable bonds is 2. The van der Waals surface area contributed by atoms with E-state index in [4.69, 9.17) is 0 Å². The number of fused-ring (bicyclic) bond motifs is 1. The fraction of sp³-hybridized carbons (Fsp3) is 0.0588. The third kappa shape index (κ3) is 2.87. The summed E-state index contributed by atoms with van der Waals surface area (Å²) in [5.74, 6) is -1.06. The number of amides is 2. The van der Waals surface area contributed by atoms with Crippen LogP contribution in [0, 0.1) is 6.92 Å². The molecule has 0 aliphatic rings. The molecule has 0 spiro atoms. The van der Waals surface area contributed by atoms with Crippen LogP contribution in [0.2, 0.25) is 0 Å². The number of H-pyrrole nitrogens is 1.